The summed E-state index contributed by atoms with van der Waals surface area (Å²) in [6, 6.07) is -2.02. The van der Waals surface area contributed by atoms with Crippen LogP contribution in [0.25, 0.3) is 0 Å². The maximum atomic E-state index is 11.3. The molecule has 20 heavy (non-hydrogen) atoms. The summed E-state index contributed by atoms with van der Waals surface area (Å²) in [5.41, 5.74) is 11.4. The highest BCUT2D eigenvalue weighted by atomic mass is 31.2. The second kappa shape index (κ2) is 6.12. The average molecular weight is 332 g/mol. The lowest BCUT2D eigenvalue weighted by molar-refractivity contribution is 0.0934. The van der Waals surface area contributed by atoms with Crippen molar-refractivity contribution in [2.24, 2.45) is 17.4 Å². The highest BCUT2D eigenvalue weighted by Crippen LogP contribution is 2.69. The van der Waals surface area contributed by atoms with Gasteiger partial charge in [0, 0.05) is 6.04 Å². The van der Waals surface area contributed by atoms with Crippen molar-refractivity contribution in [3.8, 4) is 0 Å². The molecular weight excluding hydrogens is 310 g/mol. The van der Waals surface area contributed by atoms with E-state index in [1.165, 1.54) is 0 Å². The summed E-state index contributed by atoms with van der Waals surface area (Å²) >= 11 is 0. The van der Waals surface area contributed by atoms with Crippen LogP contribution in [0.2, 0.25) is 0 Å². The topological polar surface area (TPSA) is 187 Å². The Morgan fingerprint density at radius 2 is 1.55 bits per heavy atom. The minimum Gasteiger partial charge on any atom is -0.366 e. The van der Waals surface area contributed by atoms with Crippen LogP contribution in [0, 0.1) is 5.92 Å². The van der Waals surface area contributed by atoms with Crippen molar-refractivity contribution in [2.75, 3.05) is 0 Å². The van der Waals surface area contributed by atoms with E-state index in [-0.39, 0.29) is 18.4 Å². The van der Waals surface area contributed by atoms with E-state index in [0.717, 1.165) is 12.8 Å². The number of hydrogen-bond acceptors (Lipinski definition) is 5. The van der Waals surface area contributed by atoms with Crippen LogP contribution in [0.4, 0.5) is 0 Å². The highest BCUT2D eigenvalue weighted by Gasteiger charge is 2.63. The summed E-state index contributed by atoms with van der Waals surface area (Å²) in [5, 5.41) is 6.31. The van der Waals surface area contributed by atoms with Crippen LogP contribution in [-0.4, -0.2) is 41.8 Å². The molecule has 0 saturated heterocycles. The summed E-state index contributed by atoms with van der Waals surface area (Å²) in [5.74, 6) is -0.233. The van der Waals surface area contributed by atoms with E-state index in [4.69, 9.17) is 31.0 Å². The Kier molecular flexibility index (Phi) is 5.58. The van der Waals surface area contributed by atoms with Gasteiger partial charge in [0.05, 0.1) is 6.04 Å². The van der Waals surface area contributed by atoms with Crippen LogP contribution < -0.4 is 11.5 Å². The van der Waals surface area contributed by atoms with Gasteiger partial charge in [0.1, 0.15) is 0 Å². The molecule has 120 valence electrons. The molecule has 0 heterocycles. The van der Waals surface area contributed by atoms with Crippen LogP contribution in [0.15, 0.2) is 0 Å². The van der Waals surface area contributed by atoms with E-state index in [2.05, 4.69) is 0 Å². The molecule has 1 fully saturated rings. The Hall–Kier alpha value is 0.180. The van der Waals surface area contributed by atoms with Crippen molar-refractivity contribution in [3.05, 3.63) is 0 Å². The molecule has 0 aromatic carbocycles. The zero-order valence-corrected chi connectivity index (χ0v) is 12.7. The Balaban J connectivity index is 2.98. The van der Waals surface area contributed by atoms with E-state index in [0.29, 0.717) is 12.8 Å². The third-order valence-electron chi connectivity index (χ3n) is 3.88. The van der Waals surface area contributed by atoms with Gasteiger partial charge < -0.3 is 36.1 Å². The third-order valence-corrected chi connectivity index (χ3v) is 7.82. The van der Waals surface area contributed by atoms with Gasteiger partial charge in [-0.2, -0.15) is 0 Å². The maximum Gasteiger partial charge on any atom is 0.371 e. The van der Waals surface area contributed by atoms with E-state index < -0.39 is 26.3 Å². The molecule has 0 aliphatic heterocycles. The molecular formula is C9H22N2O7P2. The maximum absolute atomic E-state index is 11.3. The number of aliphatic hydroxyl groups is 1. The summed E-state index contributed by atoms with van der Waals surface area (Å²) < 4.78 is 22.6. The predicted octanol–water partition coefficient (Wildman–Crippen LogP) is -0.777. The van der Waals surface area contributed by atoms with Crippen molar-refractivity contribution in [1.82, 2.24) is 0 Å². The number of hydrogen-bond donors (Lipinski definition) is 7. The molecule has 0 radical (unpaired) electrons. The molecule has 0 bridgehead atoms. The van der Waals surface area contributed by atoms with Gasteiger partial charge in [-0.1, -0.05) is 12.8 Å². The third kappa shape index (κ3) is 3.50. The van der Waals surface area contributed by atoms with Crippen molar-refractivity contribution < 1.29 is 33.8 Å². The Bertz CT molecular complexity index is 412. The second-order valence-electron chi connectivity index (χ2n) is 5.33. The van der Waals surface area contributed by atoms with Gasteiger partial charge in [-0.25, -0.2) is 0 Å². The van der Waals surface area contributed by atoms with Crippen LogP contribution in [-0.2, 0) is 9.13 Å². The number of nitrogens with two attached hydrogens (primary N) is 2. The van der Waals surface area contributed by atoms with Crippen LogP contribution in [0.5, 0.6) is 0 Å². The van der Waals surface area contributed by atoms with Gasteiger partial charge in [-0.05, 0) is 25.2 Å². The Labute approximate surface area is 116 Å². The van der Waals surface area contributed by atoms with Gasteiger partial charge in [-0.15, -0.1) is 0 Å². The largest absolute Gasteiger partial charge is 0.371 e. The first kappa shape index (κ1) is 18.2. The minimum atomic E-state index is -5.53. The first-order valence-electron chi connectivity index (χ1n) is 6.26. The zero-order valence-electron chi connectivity index (χ0n) is 10.9. The van der Waals surface area contributed by atoms with Crippen LogP contribution >= 0.6 is 15.2 Å². The van der Waals surface area contributed by atoms with Crippen molar-refractivity contribution in [1.29, 1.82) is 0 Å². The molecule has 9 nitrogen and oxygen atoms in total. The molecule has 1 rings (SSSR count). The fourth-order valence-electron chi connectivity index (χ4n) is 2.61. The standard InChI is InChI=1S/C9H22N2O7P2/c10-7-4-2-1-3-6(7)5-8(11)9(12,19(13,14)15)20(16,17)18/h6-8,12H,1-5,10-11H2,(H2,13,14,15)(H2,16,17,18). The first-order chi connectivity index (χ1) is 8.91. The lowest BCUT2D eigenvalue weighted by Crippen LogP contribution is -2.50. The van der Waals surface area contributed by atoms with E-state index in [9.17, 15) is 14.2 Å². The first-order valence-corrected chi connectivity index (χ1v) is 9.48. The summed E-state index contributed by atoms with van der Waals surface area (Å²) in [4.78, 5) is 36.4. The van der Waals surface area contributed by atoms with Crippen molar-refractivity contribution in [2.45, 2.75) is 49.3 Å². The molecule has 0 aromatic heterocycles. The quantitative estimate of drug-likeness (QED) is 0.317. The molecule has 0 amide bonds. The molecule has 1 aliphatic carbocycles. The van der Waals surface area contributed by atoms with Crippen LogP contribution in [0.3, 0.4) is 0 Å². The van der Waals surface area contributed by atoms with Gasteiger partial charge in [0.25, 0.3) is 5.08 Å². The molecule has 0 spiro atoms. The second-order valence-corrected chi connectivity index (χ2v) is 9.22. The van der Waals surface area contributed by atoms with Gasteiger partial charge in [-0.3, -0.25) is 9.13 Å². The Morgan fingerprint density at radius 3 is 1.95 bits per heavy atom. The SMILES string of the molecule is NC1CCCCC1CC(N)C(O)(P(=O)(O)O)P(=O)(O)O. The smallest absolute Gasteiger partial charge is 0.366 e. The van der Waals surface area contributed by atoms with E-state index >= 15 is 0 Å². The number of rotatable bonds is 5. The zero-order chi connectivity index (χ0) is 15.8. The van der Waals surface area contributed by atoms with Crippen molar-refractivity contribution >= 4 is 15.2 Å². The summed E-state index contributed by atoms with van der Waals surface area (Å²) in [7, 11) is -11.1. The monoisotopic (exact) mass is 332 g/mol. The van der Waals surface area contributed by atoms with Crippen LogP contribution in [0.1, 0.15) is 32.1 Å². The van der Waals surface area contributed by atoms with Gasteiger partial charge in [0.15, 0.2) is 0 Å². The molecule has 0 aromatic rings. The molecule has 11 heteroatoms. The van der Waals surface area contributed by atoms with Crippen molar-refractivity contribution in [3.63, 3.8) is 0 Å². The fraction of sp³-hybridized carbons (Fsp3) is 1.00. The normalized spacial score (nSPS) is 27.4. The molecule has 3 unspecified atom stereocenters. The molecule has 9 N–H and O–H groups in total. The van der Waals surface area contributed by atoms with Gasteiger partial charge in [0.2, 0.25) is 0 Å². The van der Waals surface area contributed by atoms with Gasteiger partial charge >= 0.3 is 15.2 Å². The summed E-state index contributed by atoms with van der Waals surface area (Å²) in [6.07, 6.45) is 2.98. The lowest BCUT2D eigenvalue weighted by atomic mass is 9.81. The predicted molar refractivity (Wildman–Crippen MR) is 71.6 cm³/mol. The lowest BCUT2D eigenvalue weighted by Gasteiger charge is -2.38. The summed E-state index contributed by atoms with van der Waals surface area (Å²) in [6.45, 7) is 0. The molecule has 1 aliphatic rings. The molecule has 1 saturated carbocycles. The average Bonchev–Trinajstić information content (AvgIpc) is 2.28. The minimum absolute atomic E-state index is 0.159. The molecule has 3 atom stereocenters. The van der Waals surface area contributed by atoms with E-state index in [1.54, 1.807) is 0 Å². The highest BCUT2D eigenvalue weighted by molar-refractivity contribution is 7.72. The fourth-order valence-corrected chi connectivity index (χ4v) is 5.05. The van der Waals surface area contributed by atoms with E-state index in [1.807, 2.05) is 0 Å². The Morgan fingerprint density at radius 1 is 1.10 bits per heavy atom.